The predicted octanol–water partition coefficient (Wildman–Crippen LogP) is 0.0258. The van der Waals surface area contributed by atoms with Crippen LogP contribution >= 0.6 is 0 Å². The van der Waals surface area contributed by atoms with E-state index in [0.717, 1.165) is 5.56 Å². The molecule has 0 bridgehead atoms. The monoisotopic (exact) mass is 275 g/mol. The molecule has 0 radical (unpaired) electrons. The Hall–Kier alpha value is -2.63. The number of carbonyl (C=O) groups excluding carboxylic acids is 3. The van der Waals surface area contributed by atoms with E-state index in [2.05, 4.69) is 16.0 Å². The second-order valence-corrected chi connectivity index (χ2v) is 4.01. The van der Waals surface area contributed by atoms with Crippen molar-refractivity contribution in [1.82, 2.24) is 16.0 Å². The number of benzene rings is 1. The summed E-state index contributed by atoms with van der Waals surface area (Å²) in [6.07, 6.45) is 1.56. The van der Waals surface area contributed by atoms with Gasteiger partial charge in [0.1, 0.15) is 5.70 Å². The molecule has 0 aliphatic rings. The van der Waals surface area contributed by atoms with Gasteiger partial charge in [-0.2, -0.15) is 0 Å². The van der Waals surface area contributed by atoms with E-state index < -0.39 is 11.8 Å². The van der Waals surface area contributed by atoms with Gasteiger partial charge in [-0.15, -0.1) is 0 Å². The Morgan fingerprint density at radius 1 is 1.15 bits per heavy atom. The summed E-state index contributed by atoms with van der Waals surface area (Å²) in [4.78, 5) is 34.1. The van der Waals surface area contributed by atoms with Crippen LogP contribution < -0.4 is 16.0 Å². The topological polar surface area (TPSA) is 87.3 Å². The number of nitrogens with one attached hydrogen (secondary N) is 3. The van der Waals surface area contributed by atoms with Crippen molar-refractivity contribution >= 4 is 23.8 Å². The molecule has 20 heavy (non-hydrogen) atoms. The number of rotatable bonds is 5. The van der Waals surface area contributed by atoms with Crippen molar-refractivity contribution in [3.8, 4) is 0 Å². The van der Waals surface area contributed by atoms with E-state index in [1.165, 1.54) is 14.0 Å². The van der Waals surface area contributed by atoms with Gasteiger partial charge in [0.2, 0.25) is 11.8 Å². The van der Waals surface area contributed by atoms with Gasteiger partial charge in [0.05, 0.1) is 6.54 Å². The molecular formula is C14H17N3O3. The van der Waals surface area contributed by atoms with Gasteiger partial charge in [-0.1, -0.05) is 30.3 Å². The van der Waals surface area contributed by atoms with Crippen LogP contribution in [0.1, 0.15) is 12.5 Å². The van der Waals surface area contributed by atoms with Gasteiger partial charge in [-0.25, -0.2) is 0 Å². The summed E-state index contributed by atoms with van der Waals surface area (Å²) < 4.78 is 0. The van der Waals surface area contributed by atoms with E-state index in [1.807, 2.05) is 30.3 Å². The van der Waals surface area contributed by atoms with Crippen LogP contribution in [0.25, 0.3) is 6.08 Å². The van der Waals surface area contributed by atoms with Crippen LogP contribution in [0.4, 0.5) is 0 Å². The van der Waals surface area contributed by atoms with Gasteiger partial charge >= 0.3 is 0 Å². The summed E-state index contributed by atoms with van der Waals surface area (Å²) in [6.45, 7) is 1.13. The fraction of sp³-hybridized carbons (Fsp3) is 0.214. The Kier molecular flexibility index (Phi) is 5.96. The number of amides is 3. The molecule has 3 N–H and O–H groups in total. The average molecular weight is 275 g/mol. The fourth-order valence-electron chi connectivity index (χ4n) is 1.41. The predicted molar refractivity (Wildman–Crippen MR) is 75.3 cm³/mol. The van der Waals surface area contributed by atoms with Gasteiger partial charge in [-0.3, -0.25) is 14.4 Å². The molecule has 6 nitrogen and oxygen atoms in total. The smallest absolute Gasteiger partial charge is 0.267 e. The lowest BCUT2D eigenvalue weighted by Crippen LogP contribution is -2.39. The number of carbonyl (C=O) groups is 3. The second kappa shape index (κ2) is 7.73. The molecule has 0 fully saturated rings. The Bertz CT molecular complexity index is 524. The third-order valence-corrected chi connectivity index (χ3v) is 2.35. The van der Waals surface area contributed by atoms with Crippen molar-refractivity contribution in [1.29, 1.82) is 0 Å². The molecule has 0 saturated carbocycles. The van der Waals surface area contributed by atoms with Crippen LogP contribution in [-0.4, -0.2) is 31.3 Å². The van der Waals surface area contributed by atoms with Crippen LogP contribution in [0.15, 0.2) is 36.0 Å². The van der Waals surface area contributed by atoms with Crippen molar-refractivity contribution in [3.63, 3.8) is 0 Å². The summed E-state index contributed by atoms with van der Waals surface area (Å²) >= 11 is 0. The SMILES string of the molecule is CNC(=O)/C(=C\c1ccccc1)NC(=O)CNC(C)=O. The molecule has 1 aromatic carbocycles. The van der Waals surface area contributed by atoms with E-state index >= 15 is 0 Å². The maximum atomic E-state index is 11.7. The van der Waals surface area contributed by atoms with Gasteiger partial charge in [0.25, 0.3) is 5.91 Å². The lowest BCUT2D eigenvalue weighted by molar-refractivity contribution is -0.125. The van der Waals surface area contributed by atoms with Crippen LogP contribution in [-0.2, 0) is 14.4 Å². The zero-order valence-electron chi connectivity index (χ0n) is 11.4. The van der Waals surface area contributed by atoms with Crippen LogP contribution in [0.2, 0.25) is 0 Å². The maximum Gasteiger partial charge on any atom is 0.267 e. The highest BCUT2D eigenvalue weighted by Gasteiger charge is 2.11. The minimum Gasteiger partial charge on any atom is -0.354 e. The lowest BCUT2D eigenvalue weighted by atomic mass is 10.2. The molecular weight excluding hydrogens is 258 g/mol. The van der Waals surface area contributed by atoms with Crippen molar-refractivity contribution in [2.24, 2.45) is 0 Å². The normalized spacial score (nSPS) is 10.6. The maximum absolute atomic E-state index is 11.7. The summed E-state index contributed by atoms with van der Waals surface area (Å²) in [6, 6.07) is 9.12. The lowest BCUT2D eigenvalue weighted by Gasteiger charge is -2.09. The molecule has 0 aromatic heterocycles. The van der Waals surface area contributed by atoms with Crippen LogP contribution in [0, 0.1) is 0 Å². The first-order chi connectivity index (χ1) is 9.52. The minimum atomic E-state index is -0.467. The average Bonchev–Trinajstić information content (AvgIpc) is 2.44. The molecule has 6 heteroatoms. The first-order valence-corrected chi connectivity index (χ1v) is 6.06. The van der Waals surface area contributed by atoms with Crippen molar-refractivity contribution < 1.29 is 14.4 Å². The molecule has 1 aromatic rings. The highest BCUT2D eigenvalue weighted by molar-refractivity contribution is 6.01. The molecule has 1 rings (SSSR count). The molecule has 3 amide bonds. The van der Waals surface area contributed by atoms with E-state index in [-0.39, 0.29) is 18.1 Å². The second-order valence-electron chi connectivity index (χ2n) is 4.01. The fourth-order valence-corrected chi connectivity index (χ4v) is 1.41. The highest BCUT2D eigenvalue weighted by Crippen LogP contribution is 2.04. The molecule has 0 spiro atoms. The summed E-state index contributed by atoms with van der Waals surface area (Å²) in [5.74, 6) is -1.19. The Balaban J connectivity index is 2.80. The largest absolute Gasteiger partial charge is 0.354 e. The zero-order chi connectivity index (χ0) is 15.0. The molecule has 0 aliphatic heterocycles. The first-order valence-electron chi connectivity index (χ1n) is 6.06. The molecule has 0 aliphatic carbocycles. The van der Waals surface area contributed by atoms with Gasteiger partial charge in [0.15, 0.2) is 0 Å². The third kappa shape index (κ3) is 5.34. The number of hydrogen-bond donors (Lipinski definition) is 3. The molecule has 106 valence electrons. The van der Waals surface area contributed by atoms with E-state index in [1.54, 1.807) is 6.08 Å². The third-order valence-electron chi connectivity index (χ3n) is 2.35. The Labute approximate surface area is 117 Å². The Morgan fingerprint density at radius 2 is 1.80 bits per heavy atom. The molecule has 0 atom stereocenters. The minimum absolute atomic E-state index is 0.119. The standard InChI is InChI=1S/C14H17N3O3/c1-10(18)16-9-13(19)17-12(14(20)15-2)8-11-6-4-3-5-7-11/h3-8H,9H2,1-2H3,(H,15,20)(H,16,18)(H,17,19)/b12-8+. The van der Waals surface area contributed by atoms with E-state index in [4.69, 9.17) is 0 Å². The highest BCUT2D eigenvalue weighted by atomic mass is 16.2. The van der Waals surface area contributed by atoms with Crippen LogP contribution in [0.3, 0.4) is 0 Å². The number of hydrogen-bond acceptors (Lipinski definition) is 3. The Morgan fingerprint density at radius 3 is 2.35 bits per heavy atom. The van der Waals surface area contributed by atoms with Crippen molar-refractivity contribution in [3.05, 3.63) is 41.6 Å². The first kappa shape index (κ1) is 15.4. The van der Waals surface area contributed by atoms with Crippen LogP contribution in [0.5, 0.6) is 0 Å². The van der Waals surface area contributed by atoms with Crippen molar-refractivity contribution in [2.75, 3.05) is 13.6 Å². The summed E-state index contributed by atoms with van der Waals surface area (Å²) in [7, 11) is 1.47. The molecule has 0 unspecified atom stereocenters. The summed E-state index contributed by atoms with van der Waals surface area (Å²) in [5.41, 5.74) is 0.903. The van der Waals surface area contributed by atoms with Gasteiger partial charge < -0.3 is 16.0 Å². The quantitative estimate of drug-likeness (QED) is 0.662. The van der Waals surface area contributed by atoms with Gasteiger partial charge in [0, 0.05) is 14.0 Å². The summed E-state index contributed by atoms with van der Waals surface area (Å²) in [5, 5.41) is 7.27. The van der Waals surface area contributed by atoms with E-state index in [9.17, 15) is 14.4 Å². The van der Waals surface area contributed by atoms with Gasteiger partial charge in [-0.05, 0) is 11.6 Å². The van der Waals surface area contributed by atoms with Crippen molar-refractivity contribution in [2.45, 2.75) is 6.92 Å². The van der Waals surface area contributed by atoms with E-state index in [0.29, 0.717) is 0 Å². The molecule has 0 heterocycles. The molecule has 0 saturated heterocycles. The zero-order valence-corrected chi connectivity index (χ0v) is 11.4. The number of likely N-dealkylation sites (N-methyl/N-ethyl adjacent to an activating group) is 1.